The van der Waals surface area contributed by atoms with Gasteiger partial charge in [0.2, 0.25) is 5.95 Å². The second kappa shape index (κ2) is 8.69. The van der Waals surface area contributed by atoms with Crippen LogP contribution in [-0.4, -0.2) is 34.8 Å². The van der Waals surface area contributed by atoms with Crippen molar-refractivity contribution in [2.75, 3.05) is 30.3 Å². The minimum Gasteiger partial charge on any atom is -0.396 e. The predicted octanol–water partition coefficient (Wildman–Crippen LogP) is 2.12. The summed E-state index contributed by atoms with van der Waals surface area (Å²) >= 11 is 0. The van der Waals surface area contributed by atoms with Crippen molar-refractivity contribution in [1.29, 1.82) is 0 Å². The van der Waals surface area contributed by atoms with Crippen molar-refractivity contribution >= 4 is 11.8 Å². The monoisotopic (exact) mass is 252 g/mol. The summed E-state index contributed by atoms with van der Waals surface area (Å²) < 4.78 is 0. The van der Waals surface area contributed by atoms with Crippen LogP contribution < -0.4 is 10.6 Å². The van der Waals surface area contributed by atoms with Gasteiger partial charge in [-0.25, -0.2) is 4.98 Å². The van der Waals surface area contributed by atoms with Crippen LogP contribution in [0.25, 0.3) is 0 Å². The van der Waals surface area contributed by atoms with Crippen LogP contribution in [0.15, 0.2) is 12.3 Å². The van der Waals surface area contributed by atoms with E-state index in [1.165, 1.54) is 0 Å². The number of nitrogens with zero attached hydrogens (tertiary/aromatic N) is 2. The normalized spacial score (nSPS) is 12.2. The van der Waals surface area contributed by atoms with Gasteiger partial charge in [0.15, 0.2) is 0 Å². The van der Waals surface area contributed by atoms with Gasteiger partial charge in [-0.15, -0.1) is 0 Å². The highest BCUT2D eigenvalue weighted by atomic mass is 16.3. The van der Waals surface area contributed by atoms with Crippen molar-refractivity contribution in [3.8, 4) is 0 Å². The van der Waals surface area contributed by atoms with E-state index in [0.717, 1.165) is 38.2 Å². The third-order valence-corrected chi connectivity index (χ3v) is 2.68. The average molecular weight is 252 g/mol. The molecule has 0 spiro atoms. The Kier molecular flexibility index (Phi) is 7.10. The summed E-state index contributed by atoms with van der Waals surface area (Å²) in [5.74, 6) is 1.89. The average Bonchev–Trinajstić information content (AvgIpc) is 2.41. The van der Waals surface area contributed by atoms with E-state index in [9.17, 15) is 0 Å². The minimum absolute atomic E-state index is 0.262. The van der Waals surface area contributed by atoms with E-state index >= 15 is 0 Å². The number of hydrogen-bond acceptors (Lipinski definition) is 5. The standard InChI is InChI=1S/C13H24N4O/c1-3-7-15-13-16-9-6-12(17-13)14-8-4-5-11(2)10-18/h6,9,11,18H,3-5,7-8,10H2,1-2H3,(H2,14,15,16,17). The molecule has 5 nitrogen and oxygen atoms in total. The first-order valence-corrected chi connectivity index (χ1v) is 6.68. The molecule has 0 saturated carbocycles. The van der Waals surface area contributed by atoms with Crippen LogP contribution in [0, 0.1) is 5.92 Å². The maximum absolute atomic E-state index is 8.92. The predicted molar refractivity (Wildman–Crippen MR) is 74.8 cm³/mol. The Morgan fingerprint density at radius 3 is 2.89 bits per heavy atom. The second-order valence-electron chi connectivity index (χ2n) is 4.55. The van der Waals surface area contributed by atoms with Gasteiger partial charge in [0.25, 0.3) is 0 Å². The highest BCUT2D eigenvalue weighted by Crippen LogP contribution is 2.08. The van der Waals surface area contributed by atoms with Crippen LogP contribution in [0.4, 0.5) is 11.8 Å². The number of hydrogen-bond donors (Lipinski definition) is 3. The molecule has 102 valence electrons. The third kappa shape index (κ3) is 5.82. The molecule has 5 heteroatoms. The molecule has 1 unspecified atom stereocenters. The molecule has 1 atom stereocenters. The van der Waals surface area contributed by atoms with Gasteiger partial charge in [0.1, 0.15) is 5.82 Å². The molecule has 1 aromatic heterocycles. The Bertz CT molecular complexity index is 333. The first-order valence-electron chi connectivity index (χ1n) is 6.68. The lowest BCUT2D eigenvalue weighted by Crippen LogP contribution is -2.09. The van der Waals surface area contributed by atoms with Gasteiger partial charge in [-0.3, -0.25) is 0 Å². The molecule has 0 aliphatic rings. The molecule has 1 aromatic rings. The third-order valence-electron chi connectivity index (χ3n) is 2.68. The number of anilines is 2. The van der Waals surface area contributed by atoms with Gasteiger partial charge in [-0.1, -0.05) is 13.8 Å². The topological polar surface area (TPSA) is 70.1 Å². The summed E-state index contributed by atoms with van der Waals surface area (Å²) in [6, 6.07) is 1.87. The van der Waals surface area contributed by atoms with Crippen molar-refractivity contribution in [1.82, 2.24) is 9.97 Å². The molecular formula is C13H24N4O. The van der Waals surface area contributed by atoms with E-state index in [-0.39, 0.29) is 6.61 Å². The number of nitrogens with one attached hydrogen (secondary N) is 2. The summed E-state index contributed by atoms with van der Waals surface area (Å²) in [5, 5.41) is 15.3. The van der Waals surface area contributed by atoms with Gasteiger partial charge in [-0.2, -0.15) is 4.98 Å². The molecule has 3 N–H and O–H groups in total. The van der Waals surface area contributed by atoms with Gasteiger partial charge in [0, 0.05) is 25.9 Å². The van der Waals surface area contributed by atoms with Crippen molar-refractivity contribution in [2.45, 2.75) is 33.1 Å². The van der Waals surface area contributed by atoms with Crippen LogP contribution >= 0.6 is 0 Å². The summed E-state index contributed by atoms with van der Waals surface area (Å²) in [4.78, 5) is 8.52. The Hall–Kier alpha value is -1.36. The molecule has 0 radical (unpaired) electrons. The lowest BCUT2D eigenvalue weighted by molar-refractivity contribution is 0.229. The summed E-state index contributed by atoms with van der Waals surface area (Å²) in [6.07, 6.45) is 4.86. The van der Waals surface area contributed by atoms with Gasteiger partial charge < -0.3 is 15.7 Å². The zero-order valence-corrected chi connectivity index (χ0v) is 11.3. The highest BCUT2D eigenvalue weighted by Gasteiger charge is 2.00. The fourth-order valence-electron chi connectivity index (χ4n) is 1.54. The number of aliphatic hydroxyl groups excluding tert-OH is 1. The van der Waals surface area contributed by atoms with Crippen LogP contribution in [0.5, 0.6) is 0 Å². The molecule has 0 aromatic carbocycles. The smallest absolute Gasteiger partial charge is 0.224 e. The Balaban J connectivity index is 2.29. The number of aromatic nitrogens is 2. The lowest BCUT2D eigenvalue weighted by Gasteiger charge is -2.09. The largest absolute Gasteiger partial charge is 0.396 e. The molecule has 0 amide bonds. The van der Waals surface area contributed by atoms with E-state index in [4.69, 9.17) is 5.11 Å². The quantitative estimate of drug-likeness (QED) is 0.587. The molecule has 0 saturated heterocycles. The van der Waals surface area contributed by atoms with Gasteiger partial charge >= 0.3 is 0 Å². The Labute approximate surface area is 109 Å². The van der Waals surface area contributed by atoms with Crippen molar-refractivity contribution < 1.29 is 5.11 Å². The molecule has 1 heterocycles. The van der Waals surface area contributed by atoms with E-state index in [1.54, 1.807) is 6.20 Å². The molecular weight excluding hydrogens is 228 g/mol. The maximum atomic E-state index is 8.92. The minimum atomic E-state index is 0.262. The first-order chi connectivity index (χ1) is 8.76. The number of rotatable bonds is 9. The molecule has 18 heavy (non-hydrogen) atoms. The first kappa shape index (κ1) is 14.7. The lowest BCUT2D eigenvalue weighted by atomic mass is 10.1. The molecule has 1 rings (SSSR count). The highest BCUT2D eigenvalue weighted by molar-refractivity contribution is 5.39. The molecule has 0 aliphatic carbocycles. The number of aliphatic hydroxyl groups is 1. The Morgan fingerprint density at radius 2 is 2.17 bits per heavy atom. The summed E-state index contributed by atoms with van der Waals surface area (Å²) in [6.45, 7) is 6.18. The molecule has 0 fully saturated rings. The van der Waals surface area contributed by atoms with E-state index in [0.29, 0.717) is 11.9 Å². The SMILES string of the molecule is CCCNc1nccc(NCCCC(C)CO)n1. The molecule has 0 aliphatic heterocycles. The zero-order valence-electron chi connectivity index (χ0n) is 11.3. The van der Waals surface area contributed by atoms with Crippen molar-refractivity contribution in [2.24, 2.45) is 5.92 Å². The molecule has 0 bridgehead atoms. The zero-order chi connectivity index (χ0) is 13.2. The summed E-state index contributed by atoms with van der Waals surface area (Å²) in [5.41, 5.74) is 0. The Morgan fingerprint density at radius 1 is 1.33 bits per heavy atom. The van der Waals surface area contributed by atoms with Crippen LogP contribution in [0.3, 0.4) is 0 Å². The van der Waals surface area contributed by atoms with Crippen molar-refractivity contribution in [3.05, 3.63) is 12.3 Å². The summed E-state index contributed by atoms with van der Waals surface area (Å²) in [7, 11) is 0. The van der Waals surface area contributed by atoms with Crippen LogP contribution in [0.1, 0.15) is 33.1 Å². The van der Waals surface area contributed by atoms with Crippen LogP contribution in [-0.2, 0) is 0 Å². The van der Waals surface area contributed by atoms with Gasteiger partial charge in [0.05, 0.1) is 0 Å². The maximum Gasteiger partial charge on any atom is 0.224 e. The second-order valence-corrected chi connectivity index (χ2v) is 4.55. The van der Waals surface area contributed by atoms with Crippen molar-refractivity contribution in [3.63, 3.8) is 0 Å². The fourth-order valence-corrected chi connectivity index (χ4v) is 1.54. The van der Waals surface area contributed by atoms with Crippen LogP contribution in [0.2, 0.25) is 0 Å². The fraction of sp³-hybridized carbons (Fsp3) is 0.692. The van der Waals surface area contributed by atoms with Gasteiger partial charge in [-0.05, 0) is 31.2 Å². The van der Waals surface area contributed by atoms with E-state index in [1.807, 2.05) is 6.07 Å². The van der Waals surface area contributed by atoms with E-state index < -0.39 is 0 Å². The van der Waals surface area contributed by atoms with E-state index in [2.05, 4.69) is 34.4 Å².